The van der Waals surface area contributed by atoms with Gasteiger partial charge < -0.3 is 4.90 Å². The highest BCUT2D eigenvalue weighted by Gasteiger charge is 2.24. The zero-order chi connectivity index (χ0) is 16.8. The van der Waals surface area contributed by atoms with Crippen molar-refractivity contribution in [3.63, 3.8) is 0 Å². The summed E-state index contributed by atoms with van der Waals surface area (Å²) in [6, 6.07) is 11.5. The molecule has 0 radical (unpaired) electrons. The largest absolute Gasteiger partial charge is 0.333 e. The van der Waals surface area contributed by atoms with Gasteiger partial charge in [-0.1, -0.05) is 32.0 Å². The van der Waals surface area contributed by atoms with Crippen LogP contribution in [0.4, 0.5) is 4.39 Å². The molecule has 0 aliphatic heterocycles. The second kappa shape index (κ2) is 7.86. The first-order valence-electron chi connectivity index (χ1n) is 7.91. The molecule has 2 aromatic rings. The first kappa shape index (κ1) is 17.1. The van der Waals surface area contributed by atoms with Crippen LogP contribution in [0.15, 0.2) is 48.7 Å². The van der Waals surface area contributed by atoms with Gasteiger partial charge in [-0.25, -0.2) is 4.39 Å². The maximum atomic E-state index is 13.6. The normalized spacial score (nSPS) is 12.2. The summed E-state index contributed by atoms with van der Waals surface area (Å²) in [5.41, 5.74) is 1.46. The van der Waals surface area contributed by atoms with Crippen molar-refractivity contribution in [1.82, 2.24) is 9.88 Å². The third kappa shape index (κ3) is 4.62. The summed E-state index contributed by atoms with van der Waals surface area (Å²) >= 11 is 0. The van der Waals surface area contributed by atoms with E-state index >= 15 is 0 Å². The predicted molar refractivity (Wildman–Crippen MR) is 89.3 cm³/mol. The Balaban J connectivity index is 2.32. The van der Waals surface area contributed by atoms with Crippen LogP contribution in [0.5, 0.6) is 0 Å². The molecule has 0 aliphatic carbocycles. The molecule has 122 valence electrons. The molecule has 1 aromatic carbocycles. The van der Waals surface area contributed by atoms with Crippen molar-refractivity contribution in [2.45, 2.75) is 32.7 Å². The quantitative estimate of drug-likeness (QED) is 0.800. The second-order valence-electron chi connectivity index (χ2n) is 6.15. The number of nitrogens with zero attached hydrogens (tertiary/aromatic N) is 2. The van der Waals surface area contributed by atoms with Gasteiger partial charge in [0.05, 0.1) is 11.7 Å². The van der Waals surface area contributed by atoms with Gasteiger partial charge in [0.15, 0.2) is 0 Å². The molecule has 0 spiro atoms. The molecule has 0 N–H and O–H groups in total. The number of hydrogen-bond acceptors (Lipinski definition) is 2. The molecule has 0 aliphatic rings. The van der Waals surface area contributed by atoms with E-state index in [2.05, 4.69) is 18.8 Å². The van der Waals surface area contributed by atoms with Crippen molar-refractivity contribution in [2.75, 3.05) is 7.05 Å². The molecule has 1 aromatic heterocycles. The van der Waals surface area contributed by atoms with E-state index in [1.807, 2.05) is 24.3 Å². The highest BCUT2D eigenvalue weighted by Crippen LogP contribution is 2.27. The fourth-order valence-electron chi connectivity index (χ4n) is 2.54. The van der Waals surface area contributed by atoms with E-state index in [1.54, 1.807) is 24.2 Å². The minimum absolute atomic E-state index is 0.0404. The summed E-state index contributed by atoms with van der Waals surface area (Å²) in [4.78, 5) is 18.6. The van der Waals surface area contributed by atoms with Crippen molar-refractivity contribution in [3.8, 4) is 0 Å². The summed E-state index contributed by atoms with van der Waals surface area (Å²) in [7, 11) is 1.76. The first-order chi connectivity index (χ1) is 11.0. The van der Waals surface area contributed by atoms with Crippen LogP contribution in [0.25, 0.3) is 0 Å². The minimum atomic E-state index is -0.383. The van der Waals surface area contributed by atoms with Crippen LogP contribution >= 0.6 is 0 Å². The third-order valence-corrected chi connectivity index (χ3v) is 3.85. The number of carbonyl (C=O) groups excluding carboxylic acids is 1. The Morgan fingerprint density at radius 3 is 2.61 bits per heavy atom. The number of rotatable bonds is 6. The lowest BCUT2D eigenvalue weighted by atomic mass is 10.00. The van der Waals surface area contributed by atoms with Gasteiger partial charge in [-0.2, -0.15) is 0 Å². The highest BCUT2D eigenvalue weighted by molar-refractivity contribution is 5.76. The number of pyridine rings is 1. The fourth-order valence-corrected chi connectivity index (χ4v) is 2.54. The van der Waals surface area contributed by atoms with E-state index in [4.69, 9.17) is 0 Å². The lowest BCUT2D eigenvalue weighted by Crippen LogP contribution is -2.32. The molecular weight excluding hydrogens is 291 g/mol. The number of carbonyl (C=O) groups is 1. The van der Waals surface area contributed by atoms with E-state index in [-0.39, 0.29) is 17.8 Å². The Morgan fingerprint density at radius 1 is 1.22 bits per heavy atom. The Morgan fingerprint density at radius 2 is 2.00 bits per heavy atom. The van der Waals surface area contributed by atoms with Gasteiger partial charge in [0.2, 0.25) is 5.91 Å². The van der Waals surface area contributed by atoms with E-state index < -0.39 is 0 Å². The Kier molecular flexibility index (Phi) is 5.85. The lowest BCUT2D eigenvalue weighted by Gasteiger charge is -2.28. The molecule has 1 heterocycles. The highest BCUT2D eigenvalue weighted by atomic mass is 19.1. The van der Waals surface area contributed by atoms with E-state index in [9.17, 15) is 9.18 Å². The number of benzene rings is 1. The van der Waals surface area contributed by atoms with Crippen molar-refractivity contribution in [1.29, 1.82) is 0 Å². The summed E-state index contributed by atoms with van der Waals surface area (Å²) in [6.45, 7) is 4.19. The minimum Gasteiger partial charge on any atom is -0.333 e. The van der Waals surface area contributed by atoms with Gasteiger partial charge in [-0.05, 0) is 42.2 Å². The zero-order valence-electron chi connectivity index (χ0n) is 13.9. The smallest absolute Gasteiger partial charge is 0.223 e. The van der Waals surface area contributed by atoms with E-state index in [0.717, 1.165) is 17.7 Å². The molecule has 1 atom stereocenters. The van der Waals surface area contributed by atoms with E-state index in [1.165, 1.54) is 12.1 Å². The molecule has 0 fully saturated rings. The standard InChI is InChI=1S/C19H23FN2O/c1-14(2)10-11-18(23)22(3)19(17-9-4-5-12-21-17)15-7-6-8-16(20)13-15/h4-9,12-14,19H,10-11H2,1-3H3/t19-/m1/s1. The summed E-state index contributed by atoms with van der Waals surface area (Å²) in [6.07, 6.45) is 3.00. The third-order valence-electron chi connectivity index (χ3n) is 3.85. The molecule has 3 nitrogen and oxygen atoms in total. The molecule has 0 saturated carbocycles. The average molecular weight is 314 g/mol. The fraction of sp³-hybridized carbons (Fsp3) is 0.368. The molecular formula is C19H23FN2O. The number of aromatic nitrogens is 1. The maximum Gasteiger partial charge on any atom is 0.223 e. The predicted octanol–water partition coefficient (Wildman–Crippen LogP) is 4.20. The van der Waals surface area contributed by atoms with Crippen LogP contribution in [0, 0.1) is 11.7 Å². The van der Waals surface area contributed by atoms with Crippen molar-refractivity contribution >= 4 is 5.91 Å². The van der Waals surface area contributed by atoms with E-state index in [0.29, 0.717) is 12.3 Å². The summed E-state index contributed by atoms with van der Waals surface area (Å²) < 4.78 is 13.6. The van der Waals surface area contributed by atoms with Gasteiger partial charge in [-0.15, -0.1) is 0 Å². The molecule has 1 amide bonds. The molecule has 4 heteroatoms. The Hall–Kier alpha value is -2.23. The van der Waals surface area contributed by atoms with Crippen molar-refractivity contribution in [3.05, 3.63) is 65.7 Å². The molecule has 0 unspecified atom stereocenters. The maximum absolute atomic E-state index is 13.6. The molecule has 0 saturated heterocycles. The lowest BCUT2D eigenvalue weighted by molar-refractivity contribution is -0.131. The average Bonchev–Trinajstić information content (AvgIpc) is 2.54. The van der Waals surface area contributed by atoms with Crippen LogP contribution in [0.3, 0.4) is 0 Å². The van der Waals surface area contributed by atoms with Gasteiger partial charge in [0, 0.05) is 19.7 Å². The van der Waals surface area contributed by atoms with Crippen molar-refractivity contribution < 1.29 is 9.18 Å². The SMILES string of the molecule is CC(C)CCC(=O)N(C)[C@H](c1cccc(F)c1)c1ccccn1. The van der Waals surface area contributed by atoms with Crippen LogP contribution in [0.2, 0.25) is 0 Å². The van der Waals surface area contributed by atoms with Gasteiger partial charge in [0.1, 0.15) is 5.82 Å². The first-order valence-corrected chi connectivity index (χ1v) is 7.91. The van der Waals surface area contributed by atoms with Gasteiger partial charge >= 0.3 is 0 Å². The molecule has 2 rings (SSSR count). The van der Waals surface area contributed by atoms with Crippen LogP contribution in [-0.2, 0) is 4.79 Å². The van der Waals surface area contributed by atoms with Gasteiger partial charge in [-0.3, -0.25) is 9.78 Å². The number of amides is 1. The topological polar surface area (TPSA) is 33.2 Å². The van der Waals surface area contributed by atoms with Crippen molar-refractivity contribution in [2.24, 2.45) is 5.92 Å². The number of halogens is 1. The second-order valence-corrected chi connectivity index (χ2v) is 6.15. The zero-order valence-corrected chi connectivity index (χ0v) is 13.9. The summed E-state index contributed by atoms with van der Waals surface area (Å²) in [5, 5.41) is 0. The molecule has 0 bridgehead atoms. The van der Waals surface area contributed by atoms with Crippen LogP contribution in [0.1, 0.15) is 44.0 Å². The van der Waals surface area contributed by atoms with Crippen LogP contribution < -0.4 is 0 Å². The monoisotopic (exact) mass is 314 g/mol. The summed E-state index contributed by atoms with van der Waals surface area (Å²) in [5.74, 6) is 0.194. The van der Waals surface area contributed by atoms with Gasteiger partial charge in [0.25, 0.3) is 0 Å². The number of hydrogen-bond donors (Lipinski definition) is 0. The van der Waals surface area contributed by atoms with Crippen LogP contribution in [-0.4, -0.2) is 22.8 Å². The Labute approximate surface area is 137 Å². The Bertz CT molecular complexity index is 643. The molecule has 23 heavy (non-hydrogen) atoms.